The molecule has 0 saturated carbocycles. The highest BCUT2D eigenvalue weighted by atomic mass is 16.3. The summed E-state index contributed by atoms with van der Waals surface area (Å²) in [5, 5.41) is 2.22. The summed E-state index contributed by atoms with van der Waals surface area (Å²) in [5.74, 6) is 0. The van der Waals surface area contributed by atoms with Crippen LogP contribution in [0.15, 0.2) is 112 Å². The summed E-state index contributed by atoms with van der Waals surface area (Å²) in [6, 6.07) is 32.7. The number of furan rings is 1. The number of aromatic nitrogens is 1. The van der Waals surface area contributed by atoms with Gasteiger partial charge in [0, 0.05) is 34.5 Å². The number of nitrogen functional groups attached to an aromatic ring is 1. The average molecular weight is 443 g/mol. The molecule has 0 amide bonds. The molecule has 4 nitrogen and oxygen atoms in total. The van der Waals surface area contributed by atoms with Crippen molar-refractivity contribution in [2.75, 3.05) is 5.73 Å². The second kappa shape index (κ2) is 8.09. The van der Waals surface area contributed by atoms with E-state index in [0.717, 1.165) is 55.3 Å². The molecule has 0 saturated heterocycles. The van der Waals surface area contributed by atoms with Crippen LogP contribution < -0.4 is 11.3 Å². The number of hydrogen-bond donors (Lipinski definition) is 2. The Kier molecular flexibility index (Phi) is 4.77. The zero-order valence-corrected chi connectivity index (χ0v) is 18.4. The Bertz CT molecular complexity index is 1690. The molecule has 0 spiro atoms. The van der Waals surface area contributed by atoms with Crippen LogP contribution in [0.5, 0.6) is 0 Å². The van der Waals surface area contributed by atoms with Crippen LogP contribution in [-0.2, 0) is 6.42 Å². The Labute approximate surface area is 196 Å². The third-order valence-corrected chi connectivity index (χ3v) is 6.38. The second-order valence-electron chi connectivity index (χ2n) is 8.44. The fraction of sp³-hybridized carbons (Fsp3) is 0.0333. The molecule has 0 atom stereocenters. The lowest BCUT2D eigenvalue weighted by Crippen LogP contribution is -2.15. The molecular formula is C30H22N2O2. The molecule has 0 fully saturated rings. The van der Waals surface area contributed by atoms with Gasteiger partial charge in [0.05, 0.1) is 0 Å². The standard InChI is InChI=1S/C30H22N2O2/c31-28-25(17-19-7-2-1-3-8-19)26(18-32-30(28)33)21-15-13-20(14-16-21)22-10-6-11-24-23-9-4-5-12-27(23)34-29(22)24/h1-16,18H,17,31H2,(H,32,33). The summed E-state index contributed by atoms with van der Waals surface area (Å²) < 4.78 is 6.21. The van der Waals surface area contributed by atoms with Crippen LogP contribution in [0.3, 0.4) is 0 Å². The van der Waals surface area contributed by atoms with E-state index in [-0.39, 0.29) is 11.2 Å². The molecule has 34 heavy (non-hydrogen) atoms. The van der Waals surface area contributed by atoms with Crippen LogP contribution in [0.2, 0.25) is 0 Å². The van der Waals surface area contributed by atoms with Crippen LogP contribution in [0.1, 0.15) is 11.1 Å². The molecule has 4 aromatic carbocycles. The minimum absolute atomic E-state index is 0.261. The molecule has 0 bridgehead atoms. The van der Waals surface area contributed by atoms with Crippen molar-refractivity contribution in [2.24, 2.45) is 0 Å². The molecule has 0 aliphatic carbocycles. The monoisotopic (exact) mass is 442 g/mol. The fourth-order valence-corrected chi connectivity index (χ4v) is 4.64. The van der Waals surface area contributed by atoms with Crippen LogP contribution >= 0.6 is 0 Å². The number of H-pyrrole nitrogens is 1. The number of anilines is 1. The van der Waals surface area contributed by atoms with E-state index in [4.69, 9.17) is 10.2 Å². The first-order valence-electron chi connectivity index (χ1n) is 11.2. The third kappa shape index (κ3) is 3.37. The smallest absolute Gasteiger partial charge is 0.271 e. The van der Waals surface area contributed by atoms with E-state index in [2.05, 4.69) is 53.5 Å². The average Bonchev–Trinajstić information content (AvgIpc) is 3.27. The number of fused-ring (bicyclic) bond motifs is 3. The number of nitrogens with two attached hydrogens (primary N) is 1. The summed E-state index contributed by atoms with van der Waals surface area (Å²) >= 11 is 0. The number of nitrogens with one attached hydrogen (secondary N) is 1. The van der Waals surface area contributed by atoms with Crippen LogP contribution in [0, 0.1) is 0 Å². The molecule has 2 heterocycles. The van der Waals surface area contributed by atoms with Crippen molar-refractivity contribution in [2.45, 2.75) is 6.42 Å². The first-order chi connectivity index (χ1) is 16.7. The lowest BCUT2D eigenvalue weighted by molar-refractivity contribution is 0.670. The van der Waals surface area contributed by atoms with Crippen molar-refractivity contribution < 1.29 is 4.42 Å². The van der Waals surface area contributed by atoms with Crippen molar-refractivity contribution in [3.05, 3.63) is 125 Å². The second-order valence-corrected chi connectivity index (χ2v) is 8.44. The Morgan fingerprint density at radius 1 is 0.706 bits per heavy atom. The van der Waals surface area contributed by atoms with Crippen molar-refractivity contribution in [3.8, 4) is 22.3 Å². The van der Waals surface area contributed by atoms with Gasteiger partial charge in [-0.3, -0.25) is 4.79 Å². The van der Waals surface area contributed by atoms with Gasteiger partial charge >= 0.3 is 0 Å². The van der Waals surface area contributed by atoms with Crippen LogP contribution in [0.25, 0.3) is 44.2 Å². The van der Waals surface area contributed by atoms with Crippen molar-refractivity contribution >= 4 is 27.6 Å². The Balaban J connectivity index is 1.43. The highest BCUT2D eigenvalue weighted by Crippen LogP contribution is 2.36. The first-order valence-corrected chi connectivity index (χ1v) is 11.2. The van der Waals surface area contributed by atoms with Gasteiger partial charge in [-0.25, -0.2) is 0 Å². The maximum Gasteiger partial charge on any atom is 0.271 e. The van der Waals surface area contributed by atoms with E-state index < -0.39 is 0 Å². The lowest BCUT2D eigenvalue weighted by atomic mass is 9.94. The highest BCUT2D eigenvalue weighted by Gasteiger charge is 2.15. The normalized spacial score (nSPS) is 11.3. The molecule has 4 heteroatoms. The largest absolute Gasteiger partial charge is 0.455 e. The molecule has 0 unspecified atom stereocenters. The van der Waals surface area contributed by atoms with E-state index in [1.807, 2.05) is 48.5 Å². The highest BCUT2D eigenvalue weighted by molar-refractivity contribution is 6.09. The Morgan fingerprint density at radius 2 is 1.38 bits per heavy atom. The van der Waals surface area contributed by atoms with E-state index >= 15 is 0 Å². The third-order valence-electron chi connectivity index (χ3n) is 6.38. The first kappa shape index (κ1) is 20.1. The molecule has 0 radical (unpaired) electrons. The molecule has 164 valence electrons. The van der Waals surface area contributed by atoms with Crippen molar-refractivity contribution in [1.29, 1.82) is 0 Å². The lowest BCUT2D eigenvalue weighted by Gasteiger charge is -2.13. The fourth-order valence-electron chi connectivity index (χ4n) is 4.64. The SMILES string of the molecule is Nc1c(Cc2ccccc2)c(-c2ccc(-c3cccc4c3oc3ccccc34)cc2)c[nH]c1=O. The molecular weight excluding hydrogens is 420 g/mol. The predicted molar refractivity (Wildman–Crippen MR) is 139 cm³/mol. The molecule has 0 aliphatic rings. The van der Waals surface area contributed by atoms with E-state index in [9.17, 15) is 4.79 Å². The number of rotatable bonds is 4. The van der Waals surface area contributed by atoms with Crippen LogP contribution in [0.4, 0.5) is 5.69 Å². The Morgan fingerprint density at radius 3 is 2.18 bits per heavy atom. The van der Waals surface area contributed by atoms with Crippen LogP contribution in [-0.4, -0.2) is 4.98 Å². The summed E-state index contributed by atoms with van der Waals surface area (Å²) in [7, 11) is 0. The zero-order valence-electron chi connectivity index (χ0n) is 18.4. The Hall–Kier alpha value is -4.57. The van der Waals surface area contributed by atoms with Crippen molar-refractivity contribution in [1.82, 2.24) is 4.98 Å². The van der Waals surface area contributed by atoms with Gasteiger partial charge in [-0.05, 0) is 28.3 Å². The predicted octanol–water partition coefficient (Wildman–Crippen LogP) is 6.78. The minimum atomic E-state index is -0.261. The number of pyridine rings is 1. The maximum absolute atomic E-state index is 12.3. The minimum Gasteiger partial charge on any atom is -0.455 e. The topological polar surface area (TPSA) is 72.0 Å². The molecule has 6 aromatic rings. The van der Waals surface area contributed by atoms with Gasteiger partial charge in [0.2, 0.25) is 0 Å². The van der Waals surface area contributed by atoms with Crippen molar-refractivity contribution in [3.63, 3.8) is 0 Å². The molecule has 6 rings (SSSR count). The van der Waals surface area contributed by atoms with Gasteiger partial charge in [0.1, 0.15) is 16.9 Å². The summed E-state index contributed by atoms with van der Waals surface area (Å²) in [4.78, 5) is 15.0. The number of para-hydroxylation sites is 2. The van der Waals surface area contributed by atoms with Gasteiger partial charge < -0.3 is 15.1 Å². The summed E-state index contributed by atoms with van der Waals surface area (Å²) in [5.41, 5.74) is 14.0. The molecule has 3 N–H and O–H groups in total. The van der Waals surface area contributed by atoms with E-state index in [1.165, 1.54) is 0 Å². The molecule has 2 aromatic heterocycles. The van der Waals surface area contributed by atoms with Gasteiger partial charge in [-0.15, -0.1) is 0 Å². The van der Waals surface area contributed by atoms with E-state index in [0.29, 0.717) is 6.42 Å². The zero-order chi connectivity index (χ0) is 23.1. The van der Waals surface area contributed by atoms with Gasteiger partial charge in [-0.2, -0.15) is 0 Å². The number of aromatic amines is 1. The van der Waals surface area contributed by atoms with Gasteiger partial charge in [-0.1, -0.05) is 91.0 Å². The number of benzene rings is 4. The quantitative estimate of drug-likeness (QED) is 0.316. The molecule has 0 aliphatic heterocycles. The van der Waals surface area contributed by atoms with Gasteiger partial charge in [0.15, 0.2) is 0 Å². The van der Waals surface area contributed by atoms with Gasteiger partial charge in [0.25, 0.3) is 5.56 Å². The summed E-state index contributed by atoms with van der Waals surface area (Å²) in [6.45, 7) is 0. The number of hydrogen-bond acceptors (Lipinski definition) is 3. The maximum atomic E-state index is 12.3. The summed E-state index contributed by atoms with van der Waals surface area (Å²) in [6.07, 6.45) is 2.35. The van der Waals surface area contributed by atoms with E-state index in [1.54, 1.807) is 6.20 Å².